The molecule has 13 heteroatoms. The quantitative estimate of drug-likeness (QED) is 0.438. The van der Waals surface area contributed by atoms with Gasteiger partial charge in [0.15, 0.2) is 5.82 Å². The Labute approximate surface area is 225 Å². The number of hydrogen-bond acceptors (Lipinski definition) is 7. The van der Waals surface area contributed by atoms with Gasteiger partial charge in [0, 0.05) is 28.0 Å². The second-order valence-electron chi connectivity index (χ2n) is 8.87. The van der Waals surface area contributed by atoms with Crippen LogP contribution in [0, 0.1) is 6.92 Å². The Morgan fingerprint density at radius 1 is 1.18 bits per heavy atom. The second-order valence-corrected chi connectivity index (χ2v) is 9.74. The van der Waals surface area contributed by atoms with Crippen LogP contribution in [-0.2, 0) is 15.7 Å². The lowest BCUT2D eigenvalue weighted by Crippen LogP contribution is -2.62. The minimum Gasteiger partial charge on any atom is -0.404 e. The van der Waals surface area contributed by atoms with E-state index < -0.39 is 42.2 Å². The van der Waals surface area contributed by atoms with Gasteiger partial charge in [-0.1, -0.05) is 35.3 Å². The molecule has 0 radical (unpaired) electrons. The first-order valence-corrected chi connectivity index (χ1v) is 12.3. The number of aliphatic hydroxyl groups is 1. The topological polar surface area (TPSA) is 108 Å². The molecule has 1 aromatic heterocycles. The van der Waals surface area contributed by atoms with E-state index in [-0.39, 0.29) is 29.0 Å². The lowest BCUT2D eigenvalue weighted by molar-refractivity contribution is -0.273. The molecule has 2 saturated heterocycles. The van der Waals surface area contributed by atoms with Crippen molar-refractivity contribution < 1.29 is 27.8 Å². The summed E-state index contributed by atoms with van der Waals surface area (Å²) in [6.45, 7) is 1.76. The van der Waals surface area contributed by atoms with Crippen molar-refractivity contribution in [1.82, 2.24) is 14.8 Å². The molecule has 8 nitrogen and oxygen atoms in total. The van der Waals surface area contributed by atoms with E-state index in [2.05, 4.69) is 15.1 Å². The van der Waals surface area contributed by atoms with Crippen molar-refractivity contribution in [2.24, 2.45) is 10.7 Å². The van der Waals surface area contributed by atoms with Crippen LogP contribution >= 0.6 is 23.2 Å². The summed E-state index contributed by atoms with van der Waals surface area (Å²) in [7, 11) is 0. The van der Waals surface area contributed by atoms with Crippen LogP contribution in [-0.4, -0.2) is 57.0 Å². The van der Waals surface area contributed by atoms with Crippen LogP contribution in [0.3, 0.4) is 0 Å². The van der Waals surface area contributed by atoms with E-state index >= 15 is 0 Å². The molecule has 0 amide bonds. The highest BCUT2D eigenvalue weighted by atomic mass is 35.5. The van der Waals surface area contributed by atoms with Crippen molar-refractivity contribution in [2.75, 3.05) is 6.61 Å². The largest absolute Gasteiger partial charge is 0.418 e. The molecule has 0 aliphatic carbocycles. The van der Waals surface area contributed by atoms with Gasteiger partial charge in [-0.15, -0.1) is 0 Å². The van der Waals surface area contributed by atoms with Gasteiger partial charge in [0.05, 0.1) is 17.9 Å². The Kier molecular flexibility index (Phi) is 7.23. The molecule has 2 aliphatic rings. The highest BCUT2D eigenvalue weighted by Crippen LogP contribution is 2.41. The van der Waals surface area contributed by atoms with Crippen molar-refractivity contribution in [3.05, 3.63) is 81.5 Å². The van der Waals surface area contributed by atoms with Crippen molar-refractivity contribution in [3.8, 4) is 5.69 Å². The van der Waals surface area contributed by atoms with E-state index in [0.717, 1.165) is 28.4 Å². The number of aliphatic imine (C=N–C) groups is 1. The van der Waals surface area contributed by atoms with E-state index in [1.807, 2.05) is 0 Å². The third kappa shape index (κ3) is 5.04. The summed E-state index contributed by atoms with van der Waals surface area (Å²) in [5.74, 6) is 0.174. The van der Waals surface area contributed by atoms with Crippen LogP contribution in [0.5, 0.6) is 0 Å². The van der Waals surface area contributed by atoms with Crippen molar-refractivity contribution in [2.45, 2.75) is 43.6 Å². The summed E-state index contributed by atoms with van der Waals surface area (Å²) in [5.41, 5.74) is 5.83. The standard InChI is InChI=1S/C25H22Cl2F3N5O3/c1-12-33-24(35(34-12)18-8-16(27)6-7-17(18)25(28,29)30)23-21(36)20(22-19(38-23)11-37-22)32-10-14(9-31)13-2-4-15(26)5-3-13/h2-10,19-23,36H,11,31H2,1H3/b14-9+,32-10?. The molecule has 5 atom stereocenters. The number of aryl methyl sites for hydroxylation is 1. The molecule has 200 valence electrons. The minimum atomic E-state index is -4.69. The molecule has 38 heavy (non-hydrogen) atoms. The fourth-order valence-corrected chi connectivity index (χ4v) is 4.78. The molecule has 0 saturated carbocycles. The number of aromatic nitrogens is 3. The predicted molar refractivity (Wildman–Crippen MR) is 135 cm³/mol. The van der Waals surface area contributed by atoms with Crippen molar-refractivity contribution in [3.63, 3.8) is 0 Å². The zero-order valence-corrected chi connectivity index (χ0v) is 21.3. The Hall–Kier alpha value is -2.96. The number of aliphatic hydroxyl groups excluding tert-OH is 1. The smallest absolute Gasteiger partial charge is 0.404 e. The zero-order chi connectivity index (χ0) is 27.2. The molecule has 0 spiro atoms. The SMILES string of the molecule is Cc1nc(C2OC3COC3C(N=C/C(=C\N)c3ccc(Cl)cc3)C2O)n(-c2cc(Cl)ccc2C(F)(F)F)n1. The maximum absolute atomic E-state index is 13.8. The molecule has 5 unspecified atom stereocenters. The van der Waals surface area contributed by atoms with Gasteiger partial charge in [-0.25, -0.2) is 9.67 Å². The molecule has 2 aliphatic heterocycles. The monoisotopic (exact) mass is 567 g/mol. The van der Waals surface area contributed by atoms with Crippen LogP contribution in [0.15, 0.2) is 53.7 Å². The summed E-state index contributed by atoms with van der Waals surface area (Å²) < 4.78 is 54.2. The summed E-state index contributed by atoms with van der Waals surface area (Å²) in [6, 6.07) is 9.30. The van der Waals surface area contributed by atoms with Crippen LogP contribution in [0.25, 0.3) is 11.3 Å². The van der Waals surface area contributed by atoms with E-state index in [1.54, 1.807) is 24.3 Å². The lowest BCUT2D eigenvalue weighted by atomic mass is 9.89. The summed E-state index contributed by atoms with van der Waals surface area (Å²) in [6.07, 6.45) is -5.30. The first-order chi connectivity index (χ1) is 18.1. The lowest BCUT2D eigenvalue weighted by Gasteiger charge is -2.48. The van der Waals surface area contributed by atoms with Gasteiger partial charge in [-0.2, -0.15) is 18.3 Å². The number of hydrogen-bond donors (Lipinski definition) is 2. The molecule has 2 aromatic carbocycles. The average molecular weight is 568 g/mol. The number of ether oxygens (including phenoxy) is 2. The van der Waals surface area contributed by atoms with Gasteiger partial charge in [0.25, 0.3) is 0 Å². The molecule has 5 rings (SSSR count). The molecule has 3 N–H and O–H groups in total. The van der Waals surface area contributed by atoms with Gasteiger partial charge < -0.3 is 20.3 Å². The minimum absolute atomic E-state index is 0.0133. The highest BCUT2D eigenvalue weighted by molar-refractivity contribution is 6.31. The fourth-order valence-electron chi connectivity index (χ4n) is 4.49. The van der Waals surface area contributed by atoms with Gasteiger partial charge in [-0.3, -0.25) is 4.99 Å². The van der Waals surface area contributed by atoms with E-state index in [4.69, 9.17) is 38.4 Å². The Balaban J connectivity index is 1.51. The van der Waals surface area contributed by atoms with Crippen molar-refractivity contribution >= 4 is 35.0 Å². The number of alkyl halides is 3. The van der Waals surface area contributed by atoms with Crippen LogP contribution in [0.4, 0.5) is 13.2 Å². The average Bonchev–Trinajstić information content (AvgIpc) is 3.23. The van der Waals surface area contributed by atoms with Gasteiger partial charge >= 0.3 is 6.18 Å². The summed E-state index contributed by atoms with van der Waals surface area (Å²) in [5, 5.41) is 16.2. The van der Waals surface area contributed by atoms with Gasteiger partial charge in [0.2, 0.25) is 0 Å². The fraction of sp³-hybridized carbons (Fsp3) is 0.320. The first-order valence-electron chi connectivity index (χ1n) is 11.5. The molecule has 0 bridgehead atoms. The number of nitrogens with zero attached hydrogens (tertiary/aromatic N) is 4. The third-order valence-corrected chi connectivity index (χ3v) is 6.85. The summed E-state index contributed by atoms with van der Waals surface area (Å²) >= 11 is 12.0. The van der Waals surface area contributed by atoms with Crippen molar-refractivity contribution in [1.29, 1.82) is 0 Å². The number of halogens is 5. The highest BCUT2D eigenvalue weighted by Gasteiger charge is 2.53. The number of benzene rings is 2. The number of nitrogens with two attached hydrogens (primary N) is 1. The maximum atomic E-state index is 13.8. The molecular formula is C25H22Cl2F3N5O3. The molecule has 3 aromatic rings. The van der Waals surface area contributed by atoms with Gasteiger partial charge in [0.1, 0.15) is 36.3 Å². The Bertz CT molecular complexity index is 1390. The Morgan fingerprint density at radius 2 is 1.89 bits per heavy atom. The molecular weight excluding hydrogens is 546 g/mol. The number of allylic oxidation sites excluding steroid dienone is 1. The van der Waals surface area contributed by atoms with E-state index in [1.165, 1.54) is 19.3 Å². The number of fused-ring (bicyclic) bond motifs is 1. The molecule has 2 fully saturated rings. The van der Waals surface area contributed by atoms with Crippen LogP contribution in [0.2, 0.25) is 10.0 Å². The predicted octanol–water partition coefficient (Wildman–Crippen LogP) is 4.54. The van der Waals surface area contributed by atoms with Crippen LogP contribution in [0.1, 0.15) is 28.9 Å². The normalized spacial score (nSPS) is 25.9. The first kappa shape index (κ1) is 26.6. The number of rotatable bonds is 5. The van der Waals surface area contributed by atoms with E-state index in [9.17, 15) is 18.3 Å². The molecule has 3 heterocycles. The van der Waals surface area contributed by atoms with Gasteiger partial charge in [-0.05, 0) is 42.8 Å². The maximum Gasteiger partial charge on any atom is 0.418 e. The zero-order valence-electron chi connectivity index (χ0n) is 19.8. The summed E-state index contributed by atoms with van der Waals surface area (Å²) in [4.78, 5) is 8.87. The van der Waals surface area contributed by atoms with E-state index in [0.29, 0.717) is 10.6 Å². The van der Waals surface area contributed by atoms with Crippen LogP contribution < -0.4 is 5.73 Å². The Morgan fingerprint density at radius 3 is 2.53 bits per heavy atom. The third-order valence-electron chi connectivity index (χ3n) is 6.37. The second kappa shape index (κ2) is 10.3.